The Bertz CT molecular complexity index is 1400. The molecule has 0 fully saturated rings. The largest absolute Gasteiger partial charge is 0.494 e. The molecule has 8 nitrogen and oxygen atoms in total. The first-order valence-electron chi connectivity index (χ1n) is 11.5. The lowest BCUT2D eigenvalue weighted by molar-refractivity contribution is -0.111. The van der Waals surface area contributed by atoms with Gasteiger partial charge in [0.15, 0.2) is 0 Å². The number of aromatic nitrogens is 3. The molecule has 0 radical (unpaired) electrons. The molecule has 0 aliphatic rings. The van der Waals surface area contributed by atoms with Crippen molar-refractivity contribution < 1.29 is 9.53 Å². The standard InChI is InChI=1S/C27H29ClN6O2/c1-5-26(35)30-21-15-22(25(36-4)16-24(21)33(2)14-8-12-28)32-27-29-13-11-20(31-27)19-17-34(3)23-10-7-6-9-18(19)23/h5-7,9-11,13,15-17H,1,8,12,14H2,2-4H3,(H,30,35)(H,29,31,32). The van der Waals surface area contributed by atoms with E-state index in [1.807, 2.05) is 43.3 Å². The van der Waals surface area contributed by atoms with Crippen molar-refractivity contribution in [2.24, 2.45) is 7.05 Å². The average Bonchev–Trinajstić information content (AvgIpc) is 3.24. The zero-order valence-electron chi connectivity index (χ0n) is 20.6. The third-order valence-corrected chi connectivity index (χ3v) is 6.14. The van der Waals surface area contributed by atoms with Crippen LogP contribution in [0.25, 0.3) is 22.2 Å². The number of carbonyl (C=O) groups is 1. The molecule has 186 valence electrons. The maximum Gasteiger partial charge on any atom is 0.247 e. The highest BCUT2D eigenvalue weighted by Crippen LogP contribution is 2.38. The predicted molar refractivity (Wildman–Crippen MR) is 148 cm³/mol. The fraction of sp³-hybridized carbons (Fsp3) is 0.222. The molecule has 4 rings (SSSR count). The van der Waals surface area contributed by atoms with Crippen LogP contribution in [-0.2, 0) is 11.8 Å². The minimum atomic E-state index is -0.313. The number of rotatable bonds is 10. The summed E-state index contributed by atoms with van der Waals surface area (Å²) in [5.74, 6) is 1.22. The van der Waals surface area contributed by atoms with Gasteiger partial charge in [0.05, 0.1) is 29.9 Å². The SMILES string of the molecule is C=CC(=O)Nc1cc(Nc2nccc(-c3cn(C)c4ccccc34)n2)c(OC)cc1N(C)CCCCl. The van der Waals surface area contributed by atoms with Crippen LogP contribution in [0.5, 0.6) is 5.75 Å². The minimum Gasteiger partial charge on any atom is -0.494 e. The van der Waals surface area contributed by atoms with E-state index in [2.05, 4.69) is 45.1 Å². The number of anilines is 4. The maximum absolute atomic E-state index is 12.2. The van der Waals surface area contributed by atoms with Crippen molar-refractivity contribution in [3.8, 4) is 17.0 Å². The third kappa shape index (κ3) is 5.28. The van der Waals surface area contributed by atoms with E-state index in [1.54, 1.807) is 19.4 Å². The number of aryl methyl sites for hydroxylation is 1. The van der Waals surface area contributed by atoms with E-state index in [0.29, 0.717) is 35.5 Å². The monoisotopic (exact) mass is 504 g/mol. The molecule has 2 N–H and O–H groups in total. The zero-order valence-corrected chi connectivity index (χ0v) is 21.3. The Morgan fingerprint density at radius 1 is 1.25 bits per heavy atom. The maximum atomic E-state index is 12.2. The van der Waals surface area contributed by atoms with E-state index in [0.717, 1.165) is 34.3 Å². The summed E-state index contributed by atoms with van der Waals surface area (Å²) in [4.78, 5) is 23.4. The number of hydrogen-bond donors (Lipinski definition) is 2. The summed E-state index contributed by atoms with van der Waals surface area (Å²) in [6, 6.07) is 13.7. The Hall–Kier alpha value is -4.04. The first-order chi connectivity index (χ1) is 17.4. The zero-order chi connectivity index (χ0) is 25.7. The van der Waals surface area contributed by atoms with Gasteiger partial charge >= 0.3 is 0 Å². The van der Waals surface area contributed by atoms with Crippen LogP contribution in [0, 0.1) is 0 Å². The van der Waals surface area contributed by atoms with Crippen molar-refractivity contribution in [2.45, 2.75) is 6.42 Å². The smallest absolute Gasteiger partial charge is 0.247 e. The molecule has 4 aromatic rings. The van der Waals surface area contributed by atoms with Crippen molar-refractivity contribution in [1.29, 1.82) is 0 Å². The number of carbonyl (C=O) groups excluding carboxylic acids is 1. The topological polar surface area (TPSA) is 84.3 Å². The van der Waals surface area contributed by atoms with Gasteiger partial charge in [0.2, 0.25) is 11.9 Å². The second kappa shape index (κ2) is 11.1. The molecule has 0 saturated heterocycles. The number of nitrogens with one attached hydrogen (secondary N) is 2. The van der Waals surface area contributed by atoms with E-state index in [-0.39, 0.29) is 5.91 Å². The molecule has 2 aromatic carbocycles. The van der Waals surface area contributed by atoms with E-state index in [1.165, 1.54) is 6.08 Å². The highest BCUT2D eigenvalue weighted by Gasteiger charge is 2.17. The first-order valence-corrected chi connectivity index (χ1v) is 12.1. The van der Waals surface area contributed by atoms with E-state index >= 15 is 0 Å². The van der Waals surface area contributed by atoms with E-state index in [9.17, 15) is 4.79 Å². The van der Waals surface area contributed by atoms with Gasteiger partial charge in [0.25, 0.3) is 0 Å². The van der Waals surface area contributed by atoms with Crippen LogP contribution in [-0.4, -0.2) is 47.0 Å². The molecule has 1 amide bonds. The van der Waals surface area contributed by atoms with Crippen LogP contribution in [0.3, 0.4) is 0 Å². The lowest BCUT2D eigenvalue weighted by Crippen LogP contribution is -2.21. The van der Waals surface area contributed by atoms with Gasteiger partial charge < -0.3 is 24.8 Å². The number of amides is 1. The van der Waals surface area contributed by atoms with Crippen molar-refractivity contribution in [3.63, 3.8) is 0 Å². The van der Waals surface area contributed by atoms with Crippen LogP contribution >= 0.6 is 11.6 Å². The van der Waals surface area contributed by atoms with Gasteiger partial charge in [-0.15, -0.1) is 11.6 Å². The van der Waals surface area contributed by atoms with Gasteiger partial charge in [0.1, 0.15) is 5.75 Å². The summed E-state index contributed by atoms with van der Waals surface area (Å²) in [5, 5.41) is 7.26. The van der Waals surface area contributed by atoms with Gasteiger partial charge in [-0.05, 0) is 30.7 Å². The molecule has 2 aromatic heterocycles. The van der Waals surface area contributed by atoms with Gasteiger partial charge in [-0.25, -0.2) is 9.97 Å². The number of benzene rings is 2. The Morgan fingerprint density at radius 2 is 2.06 bits per heavy atom. The summed E-state index contributed by atoms with van der Waals surface area (Å²) in [6.45, 7) is 4.28. The Morgan fingerprint density at radius 3 is 2.81 bits per heavy atom. The normalized spacial score (nSPS) is 10.8. The molecular weight excluding hydrogens is 476 g/mol. The lowest BCUT2D eigenvalue weighted by Gasteiger charge is -2.24. The second-order valence-electron chi connectivity index (χ2n) is 8.29. The molecule has 9 heteroatoms. The average molecular weight is 505 g/mol. The number of ether oxygens (including phenoxy) is 1. The minimum absolute atomic E-state index is 0.313. The van der Waals surface area contributed by atoms with Crippen molar-refractivity contribution >= 4 is 51.4 Å². The molecule has 0 atom stereocenters. The number of fused-ring (bicyclic) bond motifs is 1. The van der Waals surface area contributed by atoms with Crippen molar-refractivity contribution in [2.75, 3.05) is 42.1 Å². The highest BCUT2D eigenvalue weighted by atomic mass is 35.5. The molecule has 0 bridgehead atoms. The molecule has 0 saturated carbocycles. The first kappa shape index (κ1) is 25.1. The second-order valence-corrected chi connectivity index (χ2v) is 8.67. The quantitative estimate of drug-likeness (QED) is 0.217. The number of hydrogen-bond acceptors (Lipinski definition) is 6. The van der Waals surface area contributed by atoms with E-state index < -0.39 is 0 Å². The molecule has 0 aliphatic carbocycles. The third-order valence-electron chi connectivity index (χ3n) is 5.87. The summed E-state index contributed by atoms with van der Waals surface area (Å²) >= 11 is 5.88. The van der Waals surface area contributed by atoms with Crippen molar-refractivity contribution in [1.82, 2.24) is 14.5 Å². The van der Waals surface area contributed by atoms with Crippen LogP contribution < -0.4 is 20.3 Å². The lowest BCUT2D eigenvalue weighted by atomic mass is 10.1. The van der Waals surface area contributed by atoms with Gasteiger partial charge in [-0.2, -0.15) is 0 Å². The number of halogens is 1. The molecule has 36 heavy (non-hydrogen) atoms. The highest BCUT2D eigenvalue weighted by molar-refractivity contribution is 6.17. The predicted octanol–water partition coefficient (Wildman–Crippen LogP) is 5.58. The number of para-hydroxylation sites is 1. The molecule has 0 aliphatic heterocycles. The van der Waals surface area contributed by atoms with Crippen LogP contribution in [0.4, 0.5) is 23.0 Å². The fourth-order valence-electron chi connectivity index (χ4n) is 4.09. The van der Waals surface area contributed by atoms with Gasteiger partial charge in [0, 0.05) is 61.4 Å². The van der Waals surface area contributed by atoms with Crippen molar-refractivity contribution in [3.05, 3.63) is 67.5 Å². The van der Waals surface area contributed by atoms with E-state index in [4.69, 9.17) is 21.3 Å². The van der Waals surface area contributed by atoms with Crippen LogP contribution in [0.1, 0.15) is 6.42 Å². The Kier molecular flexibility index (Phi) is 7.75. The Balaban J connectivity index is 1.72. The van der Waals surface area contributed by atoms with Crippen LogP contribution in [0.2, 0.25) is 0 Å². The molecular formula is C27H29ClN6O2. The van der Waals surface area contributed by atoms with Gasteiger partial charge in [-0.3, -0.25) is 4.79 Å². The Labute approximate surface area is 215 Å². The fourth-order valence-corrected chi connectivity index (χ4v) is 4.21. The summed E-state index contributed by atoms with van der Waals surface area (Å²) in [7, 11) is 5.55. The number of nitrogens with zero attached hydrogens (tertiary/aromatic N) is 4. The van der Waals surface area contributed by atoms with Crippen LogP contribution in [0.15, 0.2) is 67.5 Å². The summed E-state index contributed by atoms with van der Waals surface area (Å²) in [5.41, 5.74) is 4.94. The number of alkyl halides is 1. The summed E-state index contributed by atoms with van der Waals surface area (Å²) in [6.07, 6.45) is 5.81. The number of methoxy groups -OCH3 is 1. The van der Waals surface area contributed by atoms with Gasteiger partial charge in [-0.1, -0.05) is 24.8 Å². The molecule has 0 spiro atoms. The molecule has 0 unspecified atom stereocenters. The summed E-state index contributed by atoms with van der Waals surface area (Å²) < 4.78 is 7.75. The molecule has 2 heterocycles.